The Morgan fingerprint density at radius 1 is 1.25 bits per heavy atom. The summed E-state index contributed by atoms with van der Waals surface area (Å²) in [4.78, 5) is 14.8. The van der Waals surface area contributed by atoms with Gasteiger partial charge in [-0.1, -0.05) is 0 Å². The molecule has 5 nitrogen and oxygen atoms in total. The molecule has 0 fully saturated rings. The molecule has 0 amide bonds. The molecule has 0 unspecified atom stereocenters. The second-order valence-corrected chi connectivity index (χ2v) is 4.82. The van der Waals surface area contributed by atoms with Crippen LogP contribution < -0.4 is 4.74 Å². The number of nitrogens with zero attached hydrogens (tertiary/aromatic N) is 2. The molecule has 0 saturated carbocycles. The van der Waals surface area contributed by atoms with E-state index in [1.165, 1.54) is 6.07 Å². The Kier molecular flexibility index (Phi) is 3.98. The molecular weight excluding hydrogens is 256 g/mol. The summed E-state index contributed by atoms with van der Waals surface area (Å²) in [5.41, 5.74) is 2.38. The normalized spacial score (nSPS) is 10.6. The van der Waals surface area contributed by atoms with Crippen molar-refractivity contribution in [1.29, 1.82) is 0 Å². The van der Waals surface area contributed by atoms with Crippen LogP contribution in [0.3, 0.4) is 0 Å². The van der Waals surface area contributed by atoms with Crippen LogP contribution in [0.15, 0.2) is 36.7 Å². The third-order valence-electron chi connectivity index (χ3n) is 2.76. The maximum absolute atomic E-state index is 11.3. The van der Waals surface area contributed by atoms with E-state index in [4.69, 9.17) is 4.74 Å². The van der Waals surface area contributed by atoms with Crippen molar-refractivity contribution in [3.63, 3.8) is 0 Å². The van der Waals surface area contributed by atoms with E-state index in [0.717, 1.165) is 11.1 Å². The van der Waals surface area contributed by atoms with Crippen molar-refractivity contribution in [2.24, 2.45) is 0 Å². The van der Waals surface area contributed by atoms with Crippen LogP contribution >= 0.6 is 0 Å². The molecule has 1 heterocycles. The summed E-state index contributed by atoms with van der Waals surface area (Å²) in [5.74, 6) is 0.307. The quantitative estimate of drug-likeness (QED) is 0.628. The van der Waals surface area contributed by atoms with Crippen molar-refractivity contribution < 1.29 is 9.66 Å². The van der Waals surface area contributed by atoms with Crippen LogP contribution in [0.5, 0.6) is 5.75 Å². The number of aryl methyl sites for hydroxylation is 1. The van der Waals surface area contributed by atoms with Crippen LogP contribution in [-0.2, 0) is 0 Å². The first-order chi connectivity index (χ1) is 9.49. The number of nitro benzene ring substituents is 1. The summed E-state index contributed by atoms with van der Waals surface area (Å²) in [7, 11) is 0. The standard InChI is InChI=1S/C15H16N2O3/c1-10(2)20-15-13(12-4-6-16-7-5-12)8-11(3)9-14(15)17(18)19/h4-10H,1-3H3. The third kappa shape index (κ3) is 2.93. The molecule has 0 saturated heterocycles. The highest BCUT2D eigenvalue weighted by molar-refractivity contribution is 5.76. The number of pyridine rings is 1. The highest BCUT2D eigenvalue weighted by Crippen LogP contribution is 2.39. The van der Waals surface area contributed by atoms with Crippen LogP contribution in [0.4, 0.5) is 5.69 Å². The Bertz CT molecular complexity index is 625. The van der Waals surface area contributed by atoms with Crippen LogP contribution in [0, 0.1) is 17.0 Å². The first-order valence-corrected chi connectivity index (χ1v) is 6.35. The zero-order valence-electron chi connectivity index (χ0n) is 11.7. The van der Waals surface area contributed by atoms with Gasteiger partial charge in [0.25, 0.3) is 0 Å². The largest absolute Gasteiger partial charge is 0.484 e. The fourth-order valence-corrected chi connectivity index (χ4v) is 2.00. The van der Waals surface area contributed by atoms with Gasteiger partial charge in [0.2, 0.25) is 5.75 Å². The lowest BCUT2D eigenvalue weighted by atomic mass is 10.0. The van der Waals surface area contributed by atoms with Crippen molar-refractivity contribution in [1.82, 2.24) is 4.98 Å². The van der Waals surface area contributed by atoms with Gasteiger partial charge >= 0.3 is 5.69 Å². The maximum Gasteiger partial charge on any atom is 0.311 e. The van der Waals surface area contributed by atoms with E-state index >= 15 is 0 Å². The van der Waals surface area contributed by atoms with E-state index in [1.807, 2.05) is 39.0 Å². The molecule has 1 aromatic heterocycles. The van der Waals surface area contributed by atoms with Gasteiger partial charge in [0.15, 0.2) is 0 Å². The van der Waals surface area contributed by atoms with Gasteiger partial charge in [-0.05, 0) is 50.1 Å². The third-order valence-corrected chi connectivity index (χ3v) is 2.76. The summed E-state index contributed by atoms with van der Waals surface area (Å²) in [5, 5.41) is 11.3. The van der Waals surface area contributed by atoms with Crippen LogP contribution in [0.2, 0.25) is 0 Å². The fraction of sp³-hybridized carbons (Fsp3) is 0.267. The van der Waals surface area contributed by atoms with Crippen molar-refractivity contribution >= 4 is 5.69 Å². The summed E-state index contributed by atoms with van der Waals surface area (Å²) in [6.07, 6.45) is 3.17. The molecule has 0 N–H and O–H groups in total. The molecule has 0 radical (unpaired) electrons. The van der Waals surface area contributed by atoms with E-state index in [-0.39, 0.29) is 11.8 Å². The van der Waals surface area contributed by atoms with Gasteiger partial charge in [0.05, 0.1) is 11.0 Å². The monoisotopic (exact) mass is 272 g/mol. The van der Waals surface area contributed by atoms with E-state index in [1.54, 1.807) is 12.4 Å². The molecule has 104 valence electrons. The summed E-state index contributed by atoms with van der Waals surface area (Å²) in [6, 6.07) is 7.04. The molecule has 5 heteroatoms. The van der Waals surface area contributed by atoms with Gasteiger partial charge in [-0.3, -0.25) is 15.1 Å². The molecule has 2 rings (SSSR count). The Morgan fingerprint density at radius 2 is 1.90 bits per heavy atom. The average molecular weight is 272 g/mol. The SMILES string of the molecule is Cc1cc(-c2ccncc2)c(OC(C)C)c([N+](=O)[O-])c1. The Labute approximate surface area is 117 Å². The van der Waals surface area contributed by atoms with Gasteiger partial charge in [-0.2, -0.15) is 0 Å². The number of hydrogen-bond acceptors (Lipinski definition) is 4. The number of hydrogen-bond donors (Lipinski definition) is 0. The predicted octanol–water partition coefficient (Wildman–Crippen LogP) is 3.75. The van der Waals surface area contributed by atoms with Gasteiger partial charge in [-0.15, -0.1) is 0 Å². The average Bonchev–Trinajstić information content (AvgIpc) is 2.40. The minimum Gasteiger partial charge on any atom is -0.484 e. The highest BCUT2D eigenvalue weighted by atomic mass is 16.6. The summed E-state index contributed by atoms with van der Waals surface area (Å²) in [6.45, 7) is 5.52. The van der Waals surface area contributed by atoms with Crippen molar-refractivity contribution in [3.05, 3.63) is 52.3 Å². The van der Waals surface area contributed by atoms with E-state index < -0.39 is 4.92 Å². The zero-order valence-corrected chi connectivity index (χ0v) is 11.7. The lowest BCUT2D eigenvalue weighted by molar-refractivity contribution is -0.386. The second-order valence-electron chi connectivity index (χ2n) is 4.82. The first-order valence-electron chi connectivity index (χ1n) is 6.35. The Morgan fingerprint density at radius 3 is 2.45 bits per heavy atom. The van der Waals surface area contributed by atoms with Crippen molar-refractivity contribution in [2.75, 3.05) is 0 Å². The maximum atomic E-state index is 11.3. The fourth-order valence-electron chi connectivity index (χ4n) is 2.00. The number of aromatic nitrogens is 1. The molecule has 0 aliphatic rings. The van der Waals surface area contributed by atoms with Gasteiger partial charge in [0, 0.05) is 24.0 Å². The smallest absolute Gasteiger partial charge is 0.311 e. The number of nitro groups is 1. The topological polar surface area (TPSA) is 65.3 Å². The second kappa shape index (κ2) is 5.69. The molecule has 20 heavy (non-hydrogen) atoms. The molecule has 0 atom stereocenters. The highest BCUT2D eigenvalue weighted by Gasteiger charge is 2.22. The summed E-state index contributed by atoms with van der Waals surface area (Å²) < 4.78 is 5.69. The number of rotatable bonds is 4. The number of ether oxygens (including phenoxy) is 1. The Balaban J connectivity index is 2.68. The lowest BCUT2D eigenvalue weighted by Gasteiger charge is -2.15. The van der Waals surface area contributed by atoms with E-state index in [9.17, 15) is 10.1 Å². The minimum absolute atomic E-state index is 0.00878. The van der Waals surface area contributed by atoms with Crippen LogP contribution in [0.1, 0.15) is 19.4 Å². The van der Waals surface area contributed by atoms with Gasteiger partial charge in [0.1, 0.15) is 0 Å². The molecule has 0 spiro atoms. The molecule has 1 aromatic carbocycles. The first kappa shape index (κ1) is 14.0. The lowest BCUT2D eigenvalue weighted by Crippen LogP contribution is -2.09. The van der Waals surface area contributed by atoms with E-state index in [2.05, 4.69) is 4.98 Å². The van der Waals surface area contributed by atoms with Gasteiger partial charge < -0.3 is 4.74 Å². The van der Waals surface area contributed by atoms with Crippen molar-refractivity contribution in [2.45, 2.75) is 26.9 Å². The Hall–Kier alpha value is -2.43. The van der Waals surface area contributed by atoms with E-state index in [0.29, 0.717) is 11.3 Å². The van der Waals surface area contributed by atoms with Crippen LogP contribution in [-0.4, -0.2) is 16.0 Å². The molecule has 0 aliphatic heterocycles. The van der Waals surface area contributed by atoms with Crippen molar-refractivity contribution in [3.8, 4) is 16.9 Å². The molecular formula is C15H16N2O3. The molecule has 2 aromatic rings. The minimum atomic E-state index is -0.407. The van der Waals surface area contributed by atoms with Gasteiger partial charge in [-0.25, -0.2) is 0 Å². The molecule has 0 bridgehead atoms. The number of benzene rings is 1. The van der Waals surface area contributed by atoms with Crippen LogP contribution in [0.25, 0.3) is 11.1 Å². The predicted molar refractivity (Wildman–Crippen MR) is 76.8 cm³/mol. The molecule has 0 aliphatic carbocycles. The zero-order chi connectivity index (χ0) is 14.7. The summed E-state index contributed by atoms with van der Waals surface area (Å²) >= 11 is 0.